The number of hydrogen-bond acceptors (Lipinski definition) is 4. The third kappa shape index (κ3) is 3.11. The molecule has 0 bridgehead atoms. The summed E-state index contributed by atoms with van der Waals surface area (Å²) in [6.45, 7) is 3.10. The van der Waals surface area contributed by atoms with E-state index >= 15 is 0 Å². The fraction of sp³-hybridized carbons (Fsp3) is 0.400. The molecule has 1 aliphatic heterocycles. The van der Waals surface area contributed by atoms with E-state index in [2.05, 4.69) is 27.8 Å². The highest BCUT2D eigenvalue weighted by Crippen LogP contribution is 2.09. The average molecular weight is 285 g/mol. The van der Waals surface area contributed by atoms with Gasteiger partial charge in [0.1, 0.15) is 0 Å². The molecule has 0 saturated carbocycles. The zero-order chi connectivity index (χ0) is 14.7. The van der Waals surface area contributed by atoms with Gasteiger partial charge < -0.3 is 10.6 Å². The quantitative estimate of drug-likeness (QED) is 0.887. The summed E-state index contributed by atoms with van der Waals surface area (Å²) in [6.07, 6.45) is 3.57. The maximum atomic E-state index is 12.2. The maximum absolute atomic E-state index is 12.2. The van der Waals surface area contributed by atoms with Gasteiger partial charge in [-0.3, -0.25) is 4.79 Å². The van der Waals surface area contributed by atoms with Gasteiger partial charge in [0, 0.05) is 12.1 Å². The summed E-state index contributed by atoms with van der Waals surface area (Å²) in [7, 11) is 0. The van der Waals surface area contributed by atoms with E-state index in [4.69, 9.17) is 0 Å². The highest BCUT2D eigenvalue weighted by atomic mass is 16.2. The van der Waals surface area contributed by atoms with Gasteiger partial charge in [-0.1, -0.05) is 18.2 Å². The molecule has 2 atom stereocenters. The van der Waals surface area contributed by atoms with Crippen LogP contribution < -0.4 is 10.6 Å². The molecule has 1 fully saturated rings. The lowest BCUT2D eigenvalue weighted by molar-refractivity contribution is 0.0914. The molecule has 1 saturated heterocycles. The van der Waals surface area contributed by atoms with E-state index in [1.165, 1.54) is 11.0 Å². The van der Waals surface area contributed by atoms with Gasteiger partial charge in [-0.05, 0) is 38.4 Å². The summed E-state index contributed by atoms with van der Waals surface area (Å²) in [5.41, 5.74) is 1.18. The molecule has 0 radical (unpaired) electrons. The number of nitrogens with zero attached hydrogens (tertiary/aromatic N) is 3. The van der Waals surface area contributed by atoms with Crippen LogP contribution in [0.4, 0.5) is 0 Å². The van der Waals surface area contributed by atoms with Crippen LogP contribution >= 0.6 is 0 Å². The normalized spacial score (nSPS) is 22.0. The Kier molecular flexibility index (Phi) is 3.96. The van der Waals surface area contributed by atoms with E-state index in [0.29, 0.717) is 5.69 Å². The molecule has 1 aromatic heterocycles. The molecule has 3 rings (SSSR count). The van der Waals surface area contributed by atoms with Crippen molar-refractivity contribution in [1.82, 2.24) is 25.6 Å². The number of nitrogens with one attached hydrogen (secondary N) is 2. The number of carbonyl (C=O) groups is 1. The lowest BCUT2D eigenvalue weighted by Crippen LogP contribution is -2.52. The first kappa shape index (κ1) is 13.8. The molecule has 21 heavy (non-hydrogen) atoms. The summed E-state index contributed by atoms with van der Waals surface area (Å²) in [4.78, 5) is 13.7. The first-order valence-corrected chi connectivity index (χ1v) is 7.26. The second-order valence-corrected chi connectivity index (χ2v) is 5.32. The van der Waals surface area contributed by atoms with Crippen LogP contribution in [0.2, 0.25) is 0 Å². The topological polar surface area (TPSA) is 71.8 Å². The molecule has 1 aromatic carbocycles. The van der Waals surface area contributed by atoms with Crippen molar-refractivity contribution < 1.29 is 4.79 Å². The highest BCUT2D eigenvalue weighted by molar-refractivity contribution is 5.92. The van der Waals surface area contributed by atoms with Crippen LogP contribution in [0.3, 0.4) is 0 Å². The van der Waals surface area contributed by atoms with Crippen molar-refractivity contribution in [1.29, 1.82) is 0 Å². The molecule has 2 N–H and O–H groups in total. The van der Waals surface area contributed by atoms with Gasteiger partial charge >= 0.3 is 0 Å². The molecule has 110 valence electrons. The van der Waals surface area contributed by atoms with Crippen molar-refractivity contribution in [3.8, 4) is 5.69 Å². The van der Waals surface area contributed by atoms with Crippen LogP contribution in [0.15, 0.2) is 36.5 Å². The van der Waals surface area contributed by atoms with Crippen LogP contribution in [-0.2, 0) is 0 Å². The van der Waals surface area contributed by atoms with Crippen molar-refractivity contribution in [2.24, 2.45) is 0 Å². The zero-order valence-corrected chi connectivity index (χ0v) is 12.0. The van der Waals surface area contributed by atoms with Crippen molar-refractivity contribution >= 4 is 5.91 Å². The van der Waals surface area contributed by atoms with E-state index in [1.807, 2.05) is 30.3 Å². The third-order valence-corrected chi connectivity index (χ3v) is 3.79. The molecule has 2 heterocycles. The van der Waals surface area contributed by atoms with Gasteiger partial charge in [0.25, 0.3) is 5.91 Å². The molecular formula is C15H19N5O. The maximum Gasteiger partial charge on any atom is 0.273 e. The fourth-order valence-electron chi connectivity index (χ4n) is 2.54. The minimum absolute atomic E-state index is 0.146. The Morgan fingerprint density at radius 2 is 2.19 bits per heavy atom. The average Bonchev–Trinajstić information content (AvgIpc) is 3.00. The molecule has 0 aliphatic carbocycles. The Morgan fingerprint density at radius 3 is 2.95 bits per heavy atom. The predicted molar refractivity (Wildman–Crippen MR) is 79.3 cm³/mol. The van der Waals surface area contributed by atoms with Gasteiger partial charge in [0.15, 0.2) is 5.69 Å². The number of piperidine rings is 1. The van der Waals surface area contributed by atoms with E-state index in [1.54, 1.807) is 0 Å². The minimum Gasteiger partial charge on any atom is -0.346 e. The van der Waals surface area contributed by atoms with Crippen molar-refractivity contribution in [2.75, 3.05) is 6.54 Å². The Bertz CT molecular complexity index is 610. The Balaban J connectivity index is 1.69. The number of hydrogen-bond donors (Lipinski definition) is 2. The summed E-state index contributed by atoms with van der Waals surface area (Å²) < 4.78 is 0. The Labute approximate surface area is 123 Å². The van der Waals surface area contributed by atoms with Crippen LogP contribution in [0.5, 0.6) is 0 Å². The molecular weight excluding hydrogens is 266 g/mol. The SMILES string of the molecule is CC1NCCCC1NC(=O)c1cnn(-c2ccccc2)n1. The smallest absolute Gasteiger partial charge is 0.273 e. The lowest BCUT2D eigenvalue weighted by atomic mass is 10.00. The van der Waals surface area contributed by atoms with E-state index in [-0.39, 0.29) is 18.0 Å². The number of amides is 1. The van der Waals surface area contributed by atoms with Gasteiger partial charge in [0.2, 0.25) is 0 Å². The number of benzene rings is 1. The van der Waals surface area contributed by atoms with E-state index in [0.717, 1.165) is 25.1 Å². The van der Waals surface area contributed by atoms with E-state index < -0.39 is 0 Å². The molecule has 0 spiro atoms. The van der Waals surface area contributed by atoms with Crippen LogP contribution in [-0.4, -0.2) is 39.5 Å². The third-order valence-electron chi connectivity index (χ3n) is 3.79. The number of carbonyl (C=O) groups excluding carboxylic acids is 1. The van der Waals surface area contributed by atoms with Gasteiger partial charge in [-0.15, -0.1) is 5.10 Å². The Hall–Kier alpha value is -2.21. The monoisotopic (exact) mass is 285 g/mol. The van der Waals surface area contributed by atoms with Crippen LogP contribution in [0, 0.1) is 0 Å². The first-order valence-electron chi connectivity index (χ1n) is 7.26. The van der Waals surface area contributed by atoms with Crippen LogP contribution in [0.1, 0.15) is 30.3 Å². The summed E-state index contributed by atoms with van der Waals surface area (Å²) >= 11 is 0. The second-order valence-electron chi connectivity index (χ2n) is 5.32. The summed E-state index contributed by atoms with van der Waals surface area (Å²) in [5.74, 6) is -0.169. The highest BCUT2D eigenvalue weighted by Gasteiger charge is 2.23. The van der Waals surface area contributed by atoms with Gasteiger partial charge in [-0.2, -0.15) is 9.90 Å². The summed E-state index contributed by atoms with van der Waals surface area (Å²) in [6, 6.07) is 9.98. The lowest BCUT2D eigenvalue weighted by Gasteiger charge is -2.30. The van der Waals surface area contributed by atoms with Crippen LogP contribution in [0.25, 0.3) is 5.69 Å². The Morgan fingerprint density at radius 1 is 1.38 bits per heavy atom. The second kappa shape index (κ2) is 6.05. The number of rotatable bonds is 3. The fourth-order valence-corrected chi connectivity index (χ4v) is 2.54. The van der Waals surface area contributed by atoms with Gasteiger partial charge in [0.05, 0.1) is 11.9 Å². The predicted octanol–water partition coefficient (Wildman–Crippen LogP) is 1.14. The summed E-state index contributed by atoms with van der Waals surface area (Å²) in [5, 5.41) is 14.8. The first-order chi connectivity index (χ1) is 10.2. The molecule has 1 amide bonds. The van der Waals surface area contributed by atoms with Crippen molar-refractivity contribution in [2.45, 2.75) is 31.8 Å². The standard InChI is InChI=1S/C15H19N5O/c1-11-13(8-5-9-16-11)18-15(21)14-10-17-20(19-14)12-6-3-2-4-7-12/h2-4,6-7,10-11,13,16H,5,8-9H2,1H3,(H,18,21). The van der Waals surface area contributed by atoms with Crippen molar-refractivity contribution in [3.63, 3.8) is 0 Å². The van der Waals surface area contributed by atoms with Gasteiger partial charge in [-0.25, -0.2) is 0 Å². The molecule has 6 nitrogen and oxygen atoms in total. The minimum atomic E-state index is -0.169. The zero-order valence-electron chi connectivity index (χ0n) is 12.0. The largest absolute Gasteiger partial charge is 0.346 e. The molecule has 2 unspecified atom stereocenters. The molecule has 6 heteroatoms. The number of para-hydroxylation sites is 1. The molecule has 2 aromatic rings. The van der Waals surface area contributed by atoms with E-state index in [9.17, 15) is 4.79 Å². The van der Waals surface area contributed by atoms with Crippen molar-refractivity contribution in [3.05, 3.63) is 42.2 Å². The molecule has 1 aliphatic rings. The number of aromatic nitrogens is 3.